The van der Waals surface area contributed by atoms with Crippen molar-refractivity contribution in [2.24, 2.45) is 5.92 Å². The third kappa shape index (κ3) is 2.30. The number of hydrogen-bond acceptors (Lipinski definition) is 2. The molecule has 1 heterocycles. The molecule has 0 amide bonds. The number of carbonyl (C=O) groups excluding carboxylic acids is 1. The van der Waals surface area contributed by atoms with Crippen LogP contribution in [0.4, 0.5) is 0 Å². The van der Waals surface area contributed by atoms with Crippen molar-refractivity contribution in [1.82, 2.24) is 4.57 Å². The minimum atomic E-state index is 0.265. The molecule has 1 aliphatic carbocycles. The second-order valence-electron chi connectivity index (χ2n) is 4.88. The molecule has 0 unspecified atom stereocenters. The first kappa shape index (κ1) is 11.1. The largest absolute Gasteiger partial charge is 0.508 e. The summed E-state index contributed by atoms with van der Waals surface area (Å²) in [4.78, 5) is 11.9. The Morgan fingerprint density at radius 3 is 2.89 bits per heavy atom. The van der Waals surface area contributed by atoms with Gasteiger partial charge in [0, 0.05) is 30.4 Å². The van der Waals surface area contributed by atoms with E-state index in [9.17, 15) is 9.90 Å². The number of aromatic nitrogens is 1. The molecule has 2 aromatic rings. The number of ketones is 1. The summed E-state index contributed by atoms with van der Waals surface area (Å²) in [6.07, 6.45) is 5.89. The van der Waals surface area contributed by atoms with Crippen molar-refractivity contribution in [3.63, 3.8) is 0 Å². The summed E-state index contributed by atoms with van der Waals surface area (Å²) in [5.74, 6) is 0.806. The SMILES string of the molecule is O=C(c1ccn(Cc2cccc(O)c2)c1)C1CC1. The van der Waals surface area contributed by atoms with E-state index >= 15 is 0 Å². The van der Waals surface area contributed by atoms with Crippen molar-refractivity contribution in [3.8, 4) is 5.75 Å². The second kappa shape index (κ2) is 4.33. The minimum Gasteiger partial charge on any atom is -0.508 e. The molecule has 1 saturated carbocycles. The molecule has 92 valence electrons. The van der Waals surface area contributed by atoms with Crippen molar-refractivity contribution < 1.29 is 9.90 Å². The molecule has 1 fully saturated rings. The van der Waals surface area contributed by atoms with Gasteiger partial charge in [0.05, 0.1) is 0 Å². The standard InChI is InChI=1S/C15H15NO2/c17-14-3-1-2-11(8-14)9-16-7-6-13(10-16)15(18)12-4-5-12/h1-3,6-8,10,12,17H,4-5,9H2. The molecule has 0 saturated heterocycles. The zero-order valence-electron chi connectivity index (χ0n) is 10.0. The van der Waals surface area contributed by atoms with E-state index in [0.717, 1.165) is 24.0 Å². The van der Waals surface area contributed by atoms with E-state index < -0.39 is 0 Å². The molecular formula is C15H15NO2. The highest BCUT2D eigenvalue weighted by Gasteiger charge is 2.30. The Kier molecular flexibility index (Phi) is 2.67. The van der Waals surface area contributed by atoms with Gasteiger partial charge in [-0.2, -0.15) is 0 Å². The summed E-state index contributed by atoms with van der Waals surface area (Å²) in [5, 5.41) is 9.40. The van der Waals surface area contributed by atoms with Crippen molar-refractivity contribution in [1.29, 1.82) is 0 Å². The maximum atomic E-state index is 11.9. The van der Waals surface area contributed by atoms with Crippen molar-refractivity contribution in [3.05, 3.63) is 53.9 Å². The van der Waals surface area contributed by atoms with Gasteiger partial charge in [-0.3, -0.25) is 4.79 Å². The van der Waals surface area contributed by atoms with Crippen LogP contribution in [0.15, 0.2) is 42.7 Å². The van der Waals surface area contributed by atoms with Crippen LogP contribution in [-0.2, 0) is 6.54 Å². The first-order valence-corrected chi connectivity index (χ1v) is 6.20. The molecule has 0 bridgehead atoms. The monoisotopic (exact) mass is 241 g/mol. The Balaban J connectivity index is 1.75. The molecule has 1 aromatic carbocycles. The van der Waals surface area contributed by atoms with Crippen LogP contribution in [0.2, 0.25) is 0 Å². The Bertz CT molecular complexity index is 582. The van der Waals surface area contributed by atoms with Crippen molar-refractivity contribution in [2.45, 2.75) is 19.4 Å². The number of Topliss-reactive ketones (excluding diaryl/α,β-unsaturated/α-hetero) is 1. The predicted octanol–water partition coefficient (Wildman–Crippen LogP) is 2.83. The molecule has 0 atom stereocenters. The molecule has 3 nitrogen and oxygen atoms in total. The molecule has 1 aromatic heterocycles. The van der Waals surface area contributed by atoms with Crippen molar-refractivity contribution >= 4 is 5.78 Å². The summed E-state index contributed by atoms with van der Waals surface area (Å²) in [7, 11) is 0. The quantitative estimate of drug-likeness (QED) is 0.836. The zero-order valence-corrected chi connectivity index (χ0v) is 10.0. The van der Waals surface area contributed by atoms with Crippen LogP contribution in [0, 0.1) is 5.92 Å². The topological polar surface area (TPSA) is 42.2 Å². The highest BCUT2D eigenvalue weighted by molar-refractivity contribution is 5.99. The van der Waals surface area contributed by atoms with E-state index in [4.69, 9.17) is 0 Å². The highest BCUT2D eigenvalue weighted by Crippen LogP contribution is 2.32. The lowest BCUT2D eigenvalue weighted by Crippen LogP contribution is -2.00. The fraction of sp³-hybridized carbons (Fsp3) is 0.267. The van der Waals surface area contributed by atoms with E-state index in [2.05, 4.69) is 0 Å². The van der Waals surface area contributed by atoms with Crippen molar-refractivity contribution in [2.75, 3.05) is 0 Å². The van der Waals surface area contributed by atoms with Gasteiger partial charge in [0.25, 0.3) is 0 Å². The van der Waals surface area contributed by atoms with Gasteiger partial charge in [-0.05, 0) is 36.6 Å². The molecule has 0 aliphatic heterocycles. The van der Waals surface area contributed by atoms with Crippen LogP contribution in [0.3, 0.4) is 0 Å². The van der Waals surface area contributed by atoms with Gasteiger partial charge in [0.1, 0.15) is 5.75 Å². The molecule has 1 N–H and O–H groups in total. The fourth-order valence-corrected chi connectivity index (χ4v) is 2.13. The summed E-state index contributed by atoms with van der Waals surface area (Å²) >= 11 is 0. The van der Waals surface area contributed by atoms with Crippen LogP contribution in [0.25, 0.3) is 0 Å². The highest BCUT2D eigenvalue weighted by atomic mass is 16.3. The van der Waals surface area contributed by atoms with Crippen LogP contribution < -0.4 is 0 Å². The van der Waals surface area contributed by atoms with E-state index in [1.165, 1.54) is 0 Å². The lowest BCUT2D eigenvalue weighted by molar-refractivity contribution is 0.0967. The third-order valence-electron chi connectivity index (χ3n) is 3.26. The third-order valence-corrected chi connectivity index (χ3v) is 3.26. The Hall–Kier alpha value is -2.03. The first-order valence-electron chi connectivity index (χ1n) is 6.20. The average Bonchev–Trinajstić information content (AvgIpc) is 3.09. The van der Waals surface area contributed by atoms with Crippen LogP contribution in [0.1, 0.15) is 28.8 Å². The number of nitrogens with zero attached hydrogens (tertiary/aromatic N) is 1. The molecule has 3 heteroatoms. The molecule has 18 heavy (non-hydrogen) atoms. The van der Waals surface area contributed by atoms with Gasteiger partial charge in [-0.25, -0.2) is 0 Å². The van der Waals surface area contributed by atoms with E-state index in [1.54, 1.807) is 12.1 Å². The van der Waals surface area contributed by atoms with Gasteiger partial charge in [-0.1, -0.05) is 12.1 Å². The smallest absolute Gasteiger partial charge is 0.167 e. The summed E-state index contributed by atoms with van der Waals surface area (Å²) in [6, 6.07) is 9.06. The first-order chi connectivity index (χ1) is 8.72. The lowest BCUT2D eigenvalue weighted by atomic mass is 10.1. The lowest BCUT2D eigenvalue weighted by Gasteiger charge is -2.03. The molecule has 0 radical (unpaired) electrons. The minimum absolute atomic E-state index is 0.265. The number of phenols is 1. The normalized spacial score (nSPS) is 14.7. The maximum Gasteiger partial charge on any atom is 0.167 e. The summed E-state index contributed by atoms with van der Waals surface area (Å²) < 4.78 is 1.98. The summed E-state index contributed by atoms with van der Waals surface area (Å²) in [6.45, 7) is 0.673. The van der Waals surface area contributed by atoms with E-state index in [-0.39, 0.29) is 17.5 Å². The zero-order chi connectivity index (χ0) is 12.5. The van der Waals surface area contributed by atoms with E-state index in [1.807, 2.05) is 35.2 Å². The molecular weight excluding hydrogens is 226 g/mol. The number of benzene rings is 1. The predicted molar refractivity (Wildman–Crippen MR) is 68.7 cm³/mol. The molecule has 0 spiro atoms. The summed E-state index contributed by atoms with van der Waals surface area (Å²) in [5.41, 5.74) is 1.83. The Morgan fingerprint density at radius 1 is 1.33 bits per heavy atom. The van der Waals surface area contributed by atoms with Crippen LogP contribution in [-0.4, -0.2) is 15.5 Å². The molecule has 1 aliphatic rings. The second-order valence-corrected chi connectivity index (χ2v) is 4.88. The number of rotatable bonds is 4. The Morgan fingerprint density at radius 2 is 2.17 bits per heavy atom. The number of hydrogen-bond donors (Lipinski definition) is 1. The maximum absolute atomic E-state index is 11.9. The van der Waals surface area contributed by atoms with Gasteiger partial charge in [0.15, 0.2) is 5.78 Å². The number of phenolic OH excluding ortho intramolecular Hbond substituents is 1. The van der Waals surface area contributed by atoms with Crippen LogP contribution in [0.5, 0.6) is 5.75 Å². The Labute approximate surface area is 106 Å². The van der Waals surface area contributed by atoms with Gasteiger partial charge in [0.2, 0.25) is 0 Å². The van der Waals surface area contributed by atoms with Gasteiger partial charge >= 0.3 is 0 Å². The van der Waals surface area contributed by atoms with Gasteiger partial charge in [-0.15, -0.1) is 0 Å². The number of carbonyl (C=O) groups is 1. The van der Waals surface area contributed by atoms with E-state index in [0.29, 0.717) is 6.54 Å². The number of aromatic hydroxyl groups is 1. The van der Waals surface area contributed by atoms with Gasteiger partial charge < -0.3 is 9.67 Å². The average molecular weight is 241 g/mol. The fourth-order valence-electron chi connectivity index (χ4n) is 2.13. The van der Waals surface area contributed by atoms with Crippen LogP contribution >= 0.6 is 0 Å². The molecule has 3 rings (SSSR count).